The first kappa shape index (κ1) is 10.8. The molecule has 2 N–H and O–H groups in total. The van der Waals surface area contributed by atoms with E-state index in [1.807, 2.05) is 0 Å². The van der Waals surface area contributed by atoms with Crippen molar-refractivity contribution in [2.24, 2.45) is 5.92 Å². The largest absolute Gasteiger partial charge is 0.376 e. The van der Waals surface area contributed by atoms with Crippen LogP contribution in [0.15, 0.2) is 10.8 Å². The highest BCUT2D eigenvalue weighted by atomic mass is 79.9. The van der Waals surface area contributed by atoms with E-state index in [0.29, 0.717) is 5.92 Å². The maximum absolute atomic E-state index is 5.71. The molecule has 0 amide bonds. The smallest absolute Gasteiger partial charge is 0.0860 e. The zero-order valence-corrected chi connectivity index (χ0v) is 10.8. The molecule has 1 aromatic rings. The molecular weight excluding hydrogens is 268 g/mol. The van der Waals surface area contributed by atoms with E-state index in [1.54, 1.807) is 0 Å². The van der Waals surface area contributed by atoms with Crippen molar-refractivity contribution in [2.45, 2.75) is 25.4 Å². The first-order valence-electron chi connectivity index (χ1n) is 6.00. The Labute approximate surface area is 104 Å². The monoisotopic (exact) mass is 284 g/mol. The van der Waals surface area contributed by atoms with Gasteiger partial charge in [-0.2, -0.15) is 0 Å². The van der Waals surface area contributed by atoms with Crippen LogP contribution in [-0.4, -0.2) is 24.7 Å². The maximum Gasteiger partial charge on any atom is 0.0860 e. The molecule has 2 aliphatic heterocycles. The first-order chi connectivity index (χ1) is 7.86. The molecule has 0 aromatic carbocycles. The minimum Gasteiger partial charge on any atom is -0.376 e. The van der Waals surface area contributed by atoms with E-state index < -0.39 is 0 Å². The van der Waals surface area contributed by atoms with Crippen molar-refractivity contribution in [3.8, 4) is 0 Å². The van der Waals surface area contributed by atoms with Gasteiger partial charge in [0.15, 0.2) is 0 Å². The Bertz CT molecular complexity index is 371. The third-order valence-electron chi connectivity index (χ3n) is 3.83. The second-order valence-corrected chi connectivity index (χ2v) is 5.54. The summed E-state index contributed by atoms with van der Waals surface area (Å²) in [6.45, 7) is 3.95. The summed E-state index contributed by atoms with van der Waals surface area (Å²) in [6, 6.07) is 0. The van der Waals surface area contributed by atoms with Crippen molar-refractivity contribution in [3.63, 3.8) is 0 Å². The summed E-state index contributed by atoms with van der Waals surface area (Å²) in [5, 5.41) is 3.43. The molecule has 0 saturated carbocycles. The van der Waals surface area contributed by atoms with Gasteiger partial charge >= 0.3 is 0 Å². The van der Waals surface area contributed by atoms with Crippen LogP contribution >= 0.6 is 15.9 Å². The van der Waals surface area contributed by atoms with E-state index in [-0.39, 0.29) is 0 Å². The maximum atomic E-state index is 5.71. The molecular formula is C12H17BrN2O. The third kappa shape index (κ3) is 1.83. The summed E-state index contributed by atoms with van der Waals surface area (Å²) in [4.78, 5) is 3.27. The second-order valence-electron chi connectivity index (χ2n) is 4.75. The number of halogens is 1. The van der Waals surface area contributed by atoms with Crippen LogP contribution in [0, 0.1) is 5.92 Å². The number of fused-ring (bicyclic) bond motifs is 1. The van der Waals surface area contributed by atoms with Crippen molar-refractivity contribution in [1.29, 1.82) is 0 Å². The fourth-order valence-electron chi connectivity index (χ4n) is 2.96. The SMILES string of the molecule is Brc1[nH]cc2c1C(C1CCNCC1)COC2. The summed E-state index contributed by atoms with van der Waals surface area (Å²) in [6.07, 6.45) is 4.61. The summed E-state index contributed by atoms with van der Waals surface area (Å²) in [5.41, 5.74) is 2.81. The first-order valence-corrected chi connectivity index (χ1v) is 6.79. The van der Waals surface area contributed by atoms with Crippen LogP contribution in [0.2, 0.25) is 0 Å². The van der Waals surface area contributed by atoms with Crippen LogP contribution in [0.25, 0.3) is 0 Å². The molecule has 0 radical (unpaired) electrons. The normalized spacial score (nSPS) is 26.7. The molecule has 3 rings (SSSR count). The summed E-state index contributed by atoms with van der Waals surface area (Å²) in [7, 11) is 0. The summed E-state index contributed by atoms with van der Waals surface area (Å²) < 4.78 is 6.88. The number of rotatable bonds is 1. The molecule has 16 heavy (non-hydrogen) atoms. The van der Waals surface area contributed by atoms with Crippen molar-refractivity contribution in [3.05, 3.63) is 21.9 Å². The van der Waals surface area contributed by atoms with E-state index in [2.05, 4.69) is 32.4 Å². The minimum absolute atomic E-state index is 0.575. The number of hydrogen-bond donors (Lipinski definition) is 2. The number of aromatic amines is 1. The van der Waals surface area contributed by atoms with Gasteiger partial charge in [0.1, 0.15) is 0 Å². The molecule has 3 nitrogen and oxygen atoms in total. The lowest BCUT2D eigenvalue weighted by Crippen LogP contribution is -2.33. The van der Waals surface area contributed by atoms with Crippen LogP contribution in [0.5, 0.6) is 0 Å². The third-order valence-corrected chi connectivity index (χ3v) is 4.49. The zero-order valence-electron chi connectivity index (χ0n) is 9.26. The Morgan fingerprint density at radius 1 is 1.31 bits per heavy atom. The summed E-state index contributed by atoms with van der Waals surface area (Å²) in [5.74, 6) is 1.35. The number of H-pyrrole nitrogens is 1. The van der Waals surface area contributed by atoms with Crippen LogP contribution in [0.1, 0.15) is 29.9 Å². The lowest BCUT2D eigenvalue weighted by Gasteiger charge is -2.33. The predicted molar refractivity (Wildman–Crippen MR) is 66.5 cm³/mol. The Kier molecular flexibility index (Phi) is 3.05. The Morgan fingerprint density at radius 3 is 2.94 bits per heavy atom. The number of hydrogen-bond acceptors (Lipinski definition) is 2. The van der Waals surface area contributed by atoms with Gasteiger partial charge in [0.2, 0.25) is 0 Å². The van der Waals surface area contributed by atoms with Gasteiger partial charge in [0, 0.05) is 12.1 Å². The highest BCUT2D eigenvalue weighted by Crippen LogP contribution is 2.40. The fourth-order valence-corrected chi connectivity index (χ4v) is 3.63. The molecule has 1 fully saturated rings. The second kappa shape index (κ2) is 4.51. The van der Waals surface area contributed by atoms with Gasteiger partial charge in [-0.05, 0) is 58.9 Å². The Morgan fingerprint density at radius 2 is 2.12 bits per heavy atom. The van der Waals surface area contributed by atoms with E-state index in [9.17, 15) is 0 Å². The van der Waals surface area contributed by atoms with Crippen molar-refractivity contribution in [1.82, 2.24) is 10.3 Å². The average molecular weight is 285 g/mol. The van der Waals surface area contributed by atoms with E-state index >= 15 is 0 Å². The molecule has 1 aromatic heterocycles. The van der Waals surface area contributed by atoms with Crippen molar-refractivity contribution >= 4 is 15.9 Å². The van der Waals surface area contributed by atoms with Crippen LogP contribution in [0.4, 0.5) is 0 Å². The standard InChI is InChI=1S/C12H17BrN2O/c13-12-11-9(5-15-12)6-16-7-10(11)8-1-3-14-4-2-8/h5,8,10,14-15H,1-4,6-7H2. The molecule has 88 valence electrons. The fraction of sp³-hybridized carbons (Fsp3) is 0.667. The molecule has 2 aliphatic rings. The van der Waals surface area contributed by atoms with Gasteiger partial charge in [-0.3, -0.25) is 0 Å². The molecule has 4 heteroatoms. The number of piperidine rings is 1. The van der Waals surface area contributed by atoms with E-state index in [1.165, 1.54) is 24.0 Å². The van der Waals surface area contributed by atoms with Crippen molar-refractivity contribution in [2.75, 3.05) is 19.7 Å². The Hall–Kier alpha value is -0.320. The molecule has 0 aliphatic carbocycles. The molecule has 0 spiro atoms. The minimum atomic E-state index is 0.575. The zero-order chi connectivity index (χ0) is 11.0. The van der Waals surface area contributed by atoms with Crippen molar-refractivity contribution < 1.29 is 4.74 Å². The molecule has 0 bridgehead atoms. The quantitative estimate of drug-likeness (QED) is 0.831. The van der Waals surface area contributed by atoms with Gasteiger partial charge in [-0.25, -0.2) is 0 Å². The van der Waals surface area contributed by atoms with Gasteiger partial charge in [-0.1, -0.05) is 0 Å². The predicted octanol–water partition coefficient (Wildman–Crippen LogP) is 2.39. The number of ether oxygens (including phenoxy) is 1. The molecule has 1 saturated heterocycles. The molecule has 1 unspecified atom stereocenters. The summed E-state index contributed by atoms with van der Waals surface area (Å²) >= 11 is 3.63. The van der Waals surface area contributed by atoms with Gasteiger partial charge in [0.05, 0.1) is 17.8 Å². The van der Waals surface area contributed by atoms with E-state index in [4.69, 9.17) is 4.74 Å². The van der Waals surface area contributed by atoms with Gasteiger partial charge in [0.25, 0.3) is 0 Å². The van der Waals surface area contributed by atoms with Crippen LogP contribution < -0.4 is 5.32 Å². The van der Waals surface area contributed by atoms with Crippen LogP contribution in [-0.2, 0) is 11.3 Å². The van der Waals surface area contributed by atoms with Gasteiger partial charge in [-0.15, -0.1) is 0 Å². The highest BCUT2D eigenvalue weighted by Gasteiger charge is 2.31. The lowest BCUT2D eigenvalue weighted by atomic mass is 9.80. The highest BCUT2D eigenvalue weighted by molar-refractivity contribution is 9.10. The molecule has 1 atom stereocenters. The average Bonchev–Trinajstić information content (AvgIpc) is 2.73. The number of aromatic nitrogens is 1. The van der Waals surface area contributed by atoms with Crippen LogP contribution in [0.3, 0.4) is 0 Å². The number of nitrogens with one attached hydrogen (secondary N) is 2. The van der Waals surface area contributed by atoms with E-state index in [0.717, 1.165) is 36.8 Å². The van der Waals surface area contributed by atoms with Gasteiger partial charge < -0.3 is 15.0 Å². The lowest BCUT2D eigenvalue weighted by molar-refractivity contribution is 0.0693. The Balaban J connectivity index is 1.88. The topological polar surface area (TPSA) is 37.0 Å². The molecule has 3 heterocycles.